The van der Waals surface area contributed by atoms with Crippen LogP contribution in [0.2, 0.25) is 0 Å². The van der Waals surface area contributed by atoms with Crippen LogP contribution in [0.25, 0.3) is 0 Å². The number of nitrogens with two attached hydrogens (primary N) is 1. The van der Waals surface area contributed by atoms with Gasteiger partial charge in [-0.05, 0) is 48.4 Å². The number of carbonyl (C=O) groups excluding carboxylic acids is 3. The van der Waals surface area contributed by atoms with Crippen molar-refractivity contribution in [1.29, 1.82) is 0 Å². The fourth-order valence-corrected chi connectivity index (χ4v) is 4.29. The van der Waals surface area contributed by atoms with Crippen LogP contribution in [0.15, 0.2) is 41.8 Å². The fourth-order valence-electron chi connectivity index (χ4n) is 3.51. The van der Waals surface area contributed by atoms with Crippen molar-refractivity contribution >= 4 is 34.9 Å². The van der Waals surface area contributed by atoms with E-state index in [1.807, 2.05) is 17.5 Å². The molecule has 160 valence electrons. The maximum Gasteiger partial charge on any atom is 0.312 e. The summed E-state index contributed by atoms with van der Waals surface area (Å²) in [6.07, 6.45) is 1.60. The summed E-state index contributed by atoms with van der Waals surface area (Å²) < 4.78 is 0. The Morgan fingerprint density at radius 1 is 1.20 bits per heavy atom. The van der Waals surface area contributed by atoms with Crippen LogP contribution in [-0.4, -0.2) is 47.5 Å². The van der Waals surface area contributed by atoms with Crippen molar-refractivity contribution in [2.24, 2.45) is 11.7 Å². The Morgan fingerprint density at radius 3 is 2.60 bits per heavy atom. The summed E-state index contributed by atoms with van der Waals surface area (Å²) in [5.74, 6) is -0.130. The molecular weight excluding hydrogens is 404 g/mol. The third kappa shape index (κ3) is 5.80. The number of aliphatic hydroxyl groups is 1. The Bertz CT molecular complexity index is 879. The number of nitrogens with one attached hydrogen (secondary N) is 2. The van der Waals surface area contributed by atoms with Gasteiger partial charge < -0.3 is 26.4 Å². The number of carbonyl (C=O) groups is 3. The average molecular weight is 431 g/mol. The Labute approximate surface area is 179 Å². The molecule has 1 aliphatic heterocycles. The first-order valence-electron chi connectivity index (χ1n) is 9.85. The lowest BCUT2D eigenvalue weighted by molar-refractivity contribution is -0.116. The highest BCUT2D eigenvalue weighted by atomic mass is 32.1. The van der Waals surface area contributed by atoms with Crippen molar-refractivity contribution in [1.82, 2.24) is 10.2 Å². The quantitative estimate of drug-likeness (QED) is 0.538. The van der Waals surface area contributed by atoms with E-state index in [1.165, 1.54) is 11.3 Å². The highest BCUT2D eigenvalue weighted by molar-refractivity contribution is 7.10. The fraction of sp³-hybridized carbons (Fsp3) is 0.381. The number of hydrogen-bond donors (Lipinski definition) is 4. The number of urea groups is 1. The molecule has 0 bridgehead atoms. The number of benzene rings is 1. The minimum absolute atomic E-state index is 0.0241. The van der Waals surface area contributed by atoms with Crippen molar-refractivity contribution < 1.29 is 19.5 Å². The van der Waals surface area contributed by atoms with Crippen molar-refractivity contribution in [2.45, 2.75) is 25.3 Å². The molecule has 2 heterocycles. The Hall–Kier alpha value is -2.91. The lowest BCUT2D eigenvalue weighted by Gasteiger charge is -2.31. The van der Waals surface area contributed by atoms with Crippen LogP contribution in [0.4, 0.5) is 10.5 Å². The lowest BCUT2D eigenvalue weighted by Crippen LogP contribution is -2.39. The smallest absolute Gasteiger partial charge is 0.312 e. The van der Waals surface area contributed by atoms with Gasteiger partial charge in [0.25, 0.3) is 5.91 Å². The maximum absolute atomic E-state index is 12.8. The normalized spacial score (nSPS) is 15.4. The summed E-state index contributed by atoms with van der Waals surface area (Å²) in [6.45, 7) is 1.38. The molecule has 0 aliphatic carbocycles. The summed E-state index contributed by atoms with van der Waals surface area (Å²) in [6, 6.07) is 9.28. The van der Waals surface area contributed by atoms with E-state index in [0.29, 0.717) is 24.3 Å². The first-order valence-corrected chi connectivity index (χ1v) is 10.7. The molecule has 0 radical (unpaired) electrons. The molecule has 0 spiro atoms. The van der Waals surface area contributed by atoms with E-state index >= 15 is 0 Å². The summed E-state index contributed by atoms with van der Waals surface area (Å²) in [5.41, 5.74) is 6.25. The summed E-state index contributed by atoms with van der Waals surface area (Å²) in [5, 5.41) is 16.5. The molecule has 1 aliphatic rings. The van der Waals surface area contributed by atoms with Gasteiger partial charge in [0, 0.05) is 35.8 Å². The number of rotatable bonds is 7. The monoisotopic (exact) mass is 430 g/mol. The van der Waals surface area contributed by atoms with Crippen LogP contribution in [-0.2, 0) is 4.79 Å². The number of amides is 4. The highest BCUT2D eigenvalue weighted by Crippen LogP contribution is 2.23. The van der Waals surface area contributed by atoms with Gasteiger partial charge in [0.2, 0.25) is 5.91 Å². The number of likely N-dealkylation sites (tertiary alicyclic amines) is 1. The molecule has 1 aromatic heterocycles. The predicted octanol–water partition coefficient (Wildman–Crippen LogP) is 2.33. The highest BCUT2D eigenvalue weighted by Gasteiger charge is 2.24. The van der Waals surface area contributed by atoms with E-state index in [4.69, 9.17) is 5.73 Å². The number of nitrogens with zero attached hydrogens (tertiary/aromatic N) is 1. The largest absolute Gasteiger partial charge is 0.396 e. The molecule has 8 nitrogen and oxygen atoms in total. The third-order valence-corrected chi connectivity index (χ3v) is 6.13. The first-order chi connectivity index (χ1) is 14.5. The maximum atomic E-state index is 12.8. The number of primary amides is 1. The number of aliphatic hydroxyl groups excluding tert-OH is 1. The summed E-state index contributed by atoms with van der Waals surface area (Å²) in [7, 11) is 0. The van der Waals surface area contributed by atoms with Crippen molar-refractivity contribution in [3.05, 3.63) is 52.2 Å². The topological polar surface area (TPSA) is 125 Å². The number of hydrogen-bond acceptors (Lipinski definition) is 5. The zero-order chi connectivity index (χ0) is 21.5. The first kappa shape index (κ1) is 21.8. The summed E-state index contributed by atoms with van der Waals surface area (Å²) in [4.78, 5) is 39.2. The summed E-state index contributed by atoms with van der Waals surface area (Å²) >= 11 is 1.43. The number of thiophene rings is 1. The molecule has 3 rings (SSSR count). The van der Waals surface area contributed by atoms with Gasteiger partial charge in [-0.1, -0.05) is 12.1 Å². The van der Waals surface area contributed by atoms with Crippen molar-refractivity contribution in [3.63, 3.8) is 0 Å². The van der Waals surface area contributed by atoms with Crippen LogP contribution in [0, 0.1) is 5.92 Å². The zero-order valence-electron chi connectivity index (χ0n) is 16.5. The van der Waals surface area contributed by atoms with Gasteiger partial charge in [-0.25, -0.2) is 4.79 Å². The van der Waals surface area contributed by atoms with Gasteiger partial charge in [-0.15, -0.1) is 11.3 Å². The van der Waals surface area contributed by atoms with Gasteiger partial charge in [0.05, 0.1) is 12.5 Å². The van der Waals surface area contributed by atoms with E-state index in [1.54, 1.807) is 29.2 Å². The van der Waals surface area contributed by atoms with Crippen LogP contribution >= 0.6 is 11.3 Å². The Morgan fingerprint density at radius 2 is 1.97 bits per heavy atom. The second-order valence-electron chi connectivity index (χ2n) is 7.33. The van der Waals surface area contributed by atoms with Gasteiger partial charge in [-0.3, -0.25) is 9.59 Å². The van der Waals surface area contributed by atoms with E-state index in [-0.39, 0.29) is 30.8 Å². The van der Waals surface area contributed by atoms with E-state index in [2.05, 4.69) is 10.6 Å². The van der Waals surface area contributed by atoms with Crippen LogP contribution in [0.1, 0.15) is 40.5 Å². The van der Waals surface area contributed by atoms with Gasteiger partial charge in [0.15, 0.2) is 0 Å². The Balaban J connectivity index is 1.62. The average Bonchev–Trinajstić information content (AvgIpc) is 3.27. The zero-order valence-corrected chi connectivity index (χ0v) is 17.4. The standard InChI is InChI=1S/C21H26N4O4S/c22-21(29)24-17(18-5-2-10-30-18)12-19(27)23-16-4-1-3-15(11-16)20(28)25-8-6-14(13-26)7-9-25/h1-5,10-11,14,17,26H,6-9,12-13H2,(H,23,27)(H3,22,24,29). The SMILES string of the molecule is NC(=O)NC(CC(=O)Nc1cccc(C(=O)N2CCC(CO)CC2)c1)c1cccs1. The minimum atomic E-state index is -0.696. The van der Waals surface area contributed by atoms with E-state index in [0.717, 1.165) is 17.7 Å². The van der Waals surface area contributed by atoms with Gasteiger partial charge in [-0.2, -0.15) is 0 Å². The molecule has 30 heavy (non-hydrogen) atoms. The molecule has 4 amide bonds. The molecule has 1 saturated heterocycles. The number of piperidine rings is 1. The molecule has 2 aromatic rings. The van der Waals surface area contributed by atoms with Crippen LogP contribution < -0.4 is 16.4 Å². The molecule has 5 N–H and O–H groups in total. The van der Waals surface area contributed by atoms with Gasteiger partial charge >= 0.3 is 6.03 Å². The van der Waals surface area contributed by atoms with Crippen LogP contribution in [0.3, 0.4) is 0 Å². The predicted molar refractivity (Wildman–Crippen MR) is 115 cm³/mol. The van der Waals surface area contributed by atoms with E-state index in [9.17, 15) is 19.5 Å². The molecular formula is C21H26N4O4S. The third-order valence-electron chi connectivity index (χ3n) is 5.15. The van der Waals surface area contributed by atoms with Crippen molar-refractivity contribution in [2.75, 3.05) is 25.0 Å². The molecule has 1 aromatic carbocycles. The number of anilines is 1. The van der Waals surface area contributed by atoms with Gasteiger partial charge in [0.1, 0.15) is 0 Å². The lowest BCUT2D eigenvalue weighted by atomic mass is 9.97. The van der Waals surface area contributed by atoms with E-state index < -0.39 is 12.1 Å². The molecule has 1 atom stereocenters. The Kier molecular flexibility index (Phi) is 7.42. The second-order valence-corrected chi connectivity index (χ2v) is 8.31. The second kappa shape index (κ2) is 10.2. The minimum Gasteiger partial charge on any atom is -0.396 e. The van der Waals surface area contributed by atoms with Crippen molar-refractivity contribution in [3.8, 4) is 0 Å². The molecule has 1 fully saturated rings. The molecule has 9 heteroatoms. The molecule has 1 unspecified atom stereocenters. The molecule has 0 saturated carbocycles. The van der Waals surface area contributed by atoms with Crippen LogP contribution in [0.5, 0.6) is 0 Å².